The molecule has 4 atom stereocenters. The van der Waals surface area contributed by atoms with Crippen molar-refractivity contribution in [3.63, 3.8) is 0 Å². The van der Waals surface area contributed by atoms with Crippen molar-refractivity contribution in [1.29, 1.82) is 0 Å². The molecule has 5 nitrogen and oxygen atoms in total. The molecule has 4 N–H and O–H groups in total. The van der Waals surface area contributed by atoms with Gasteiger partial charge in [0.2, 0.25) is 0 Å². The van der Waals surface area contributed by atoms with Crippen LogP contribution < -0.4 is 0 Å². The van der Waals surface area contributed by atoms with Gasteiger partial charge < -0.3 is 25.2 Å². The second kappa shape index (κ2) is 3.46. The van der Waals surface area contributed by atoms with E-state index in [9.17, 15) is 0 Å². The van der Waals surface area contributed by atoms with Crippen LogP contribution in [-0.2, 0) is 4.74 Å². The fraction of sp³-hybridized carbons (Fsp3) is 1.00. The molecular weight excluding hydrogens is 152 g/mol. The van der Waals surface area contributed by atoms with E-state index in [1.807, 2.05) is 0 Å². The highest BCUT2D eigenvalue weighted by Crippen LogP contribution is 2.20. The molecule has 1 aliphatic heterocycles. The van der Waals surface area contributed by atoms with Crippen LogP contribution >= 0.6 is 0 Å². The van der Waals surface area contributed by atoms with Crippen LogP contribution in [0.3, 0.4) is 0 Å². The van der Waals surface area contributed by atoms with E-state index in [1.54, 1.807) is 0 Å². The Balaban J connectivity index is 2.53. The zero-order valence-electron chi connectivity index (χ0n) is 5.92. The average molecular weight is 164 g/mol. The number of aliphatic hydroxyl groups is 4. The second-order valence-electron chi connectivity index (χ2n) is 2.56. The summed E-state index contributed by atoms with van der Waals surface area (Å²) >= 11 is 0. The molecule has 5 heteroatoms. The van der Waals surface area contributed by atoms with Crippen molar-refractivity contribution in [3.05, 3.63) is 0 Å². The smallest absolute Gasteiger partial charge is 0.111 e. The third-order valence-corrected chi connectivity index (χ3v) is 1.82. The summed E-state index contributed by atoms with van der Waals surface area (Å²) in [6.07, 6.45) is -3.75. The van der Waals surface area contributed by atoms with E-state index < -0.39 is 24.4 Å². The molecule has 66 valence electrons. The van der Waals surface area contributed by atoms with Crippen LogP contribution in [0, 0.1) is 0 Å². The molecule has 0 aromatic heterocycles. The summed E-state index contributed by atoms with van der Waals surface area (Å²) in [6, 6.07) is 0. The summed E-state index contributed by atoms with van der Waals surface area (Å²) in [5.41, 5.74) is 0. The normalized spacial score (nSPS) is 44.7. The Hall–Kier alpha value is -0.200. The van der Waals surface area contributed by atoms with Crippen molar-refractivity contribution < 1.29 is 25.2 Å². The number of hydrogen-bond donors (Lipinski definition) is 4. The van der Waals surface area contributed by atoms with Gasteiger partial charge in [0.1, 0.15) is 24.4 Å². The van der Waals surface area contributed by atoms with Gasteiger partial charge >= 0.3 is 0 Å². The minimum atomic E-state index is -1.10. The Morgan fingerprint density at radius 1 is 0.909 bits per heavy atom. The largest absolute Gasteiger partial charge is 0.394 e. The lowest BCUT2D eigenvalue weighted by atomic mass is 10.1. The van der Waals surface area contributed by atoms with E-state index in [0.717, 1.165) is 0 Å². The van der Waals surface area contributed by atoms with Crippen LogP contribution in [0.1, 0.15) is 0 Å². The van der Waals surface area contributed by atoms with Gasteiger partial charge in [-0.2, -0.15) is 0 Å². The lowest BCUT2D eigenvalue weighted by molar-refractivity contribution is -0.0395. The molecule has 0 aromatic rings. The summed E-state index contributed by atoms with van der Waals surface area (Å²) < 4.78 is 4.88. The maximum Gasteiger partial charge on any atom is 0.111 e. The molecule has 2 unspecified atom stereocenters. The van der Waals surface area contributed by atoms with Gasteiger partial charge in [0, 0.05) is 0 Å². The van der Waals surface area contributed by atoms with Gasteiger partial charge in [0.15, 0.2) is 0 Å². The highest BCUT2D eigenvalue weighted by Gasteiger charge is 2.41. The maximum atomic E-state index is 9.11. The first-order chi connectivity index (χ1) is 5.20. The van der Waals surface area contributed by atoms with Crippen LogP contribution in [0.4, 0.5) is 0 Å². The number of hydrogen-bond acceptors (Lipinski definition) is 5. The monoisotopic (exact) mass is 164 g/mol. The first-order valence-electron chi connectivity index (χ1n) is 3.44. The zero-order valence-corrected chi connectivity index (χ0v) is 5.92. The molecule has 0 spiro atoms. The highest BCUT2D eigenvalue weighted by atomic mass is 16.6. The summed E-state index contributed by atoms with van der Waals surface area (Å²) in [6.45, 7) is -0.705. The average Bonchev–Trinajstić information content (AvgIpc) is 2.30. The Morgan fingerprint density at radius 3 is 1.45 bits per heavy atom. The number of ether oxygens (including phenoxy) is 1. The molecule has 1 rings (SSSR count). The molecule has 0 amide bonds. The van der Waals surface area contributed by atoms with Gasteiger partial charge in [-0.3, -0.25) is 0 Å². The van der Waals surface area contributed by atoms with E-state index in [1.165, 1.54) is 0 Å². The first kappa shape index (κ1) is 8.89. The fourth-order valence-electron chi connectivity index (χ4n) is 1.13. The van der Waals surface area contributed by atoms with Crippen molar-refractivity contribution in [1.82, 2.24) is 0 Å². The van der Waals surface area contributed by atoms with Gasteiger partial charge in [0.05, 0.1) is 13.2 Å². The summed E-state index contributed by atoms with van der Waals surface area (Å²) in [5.74, 6) is 0. The van der Waals surface area contributed by atoms with Gasteiger partial charge in [0.25, 0.3) is 0 Å². The molecular formula is C6H12O5. The molecule has 0 aliphatic carbocycles. The molecule has 1 aliphatic rings. The van der Waals surface area contributed by atoms with Crippen LogP contribution in [0.15, 0.2) is 0 Å². The molecule has 11 heavy (non-hydrogen) atoms. The predicted octanol–water partition coefficient (Wildman–Crippen LogP) is -2.54. The SMILES string of the molecule is OC[C@H]1O[C@H](CO)C(O)C1O. The van der Waals surface area contributed by atoms with Crippen molar-refractivity contribution >= 4 is 0 Å². The lowest BCUT2D eigenvalue weighted by Crippen LogP contribution is -2.34. The standard InChI is InChI=1S/C6H12O5/c7-1-3-5(9)6(10)4(2-8)11-3/h3-10H,1-2H2/t3-,4-,5?,6?/m1/s1. The summed E-state index contributed by atoms with van der Waals surface area (Å²) in [7, 11) is 0. The van der Waals surface area contributed by atoms with Gasteiger partial charge in [-0.1, -0.05) is 0 Å². The second-order valence-corrected chi connectivity index (χ2v) is 2.56. The van der Waals surface area contributed by atoms with Crippen LogP contribution in [0.5, 0.6) is 0 Å². The Kier molecular flexibility index (Phi) is 2.80. The van der Waals surface area contributed by atoms with E-state index in [0.29, 0.717) is 0 Å². The number of aliphatic hydroxyl groups excluding tert-OH is 4. The topological polar surface area (TPSA) is 90.2 Å². The highest BCUT2D eigenvalue weighted by molar-refractivity contribution is 4.89. The van der Waals surface area contributed by atoms with E-state index in [4.69, 9.17) is 25.2 Å². The van der Waals surface area contributed by atoms with Crippen LogP contribution in [0.2, 0.25) is 0 Å². The Bertz CT molecular complexity index is 110. The third-order valence-electron chi connectivity index (χ3n) is 1.82. The van der Waals surface area contributed by atoms with E-state index in [2.05, 4.69) is 0 Å². The van der Waals surface area contributed by atoms with Crippen molar-refractivity contribution in [3.8, 4) is 0 Å². The van der Waals surface area contributed by atoms with E-state index in [-0.39, 0.29) is 13.2 Å². The zero-order chi connectivity index (χ0) is 8.43. The lowest BCUT2D eigenvalue weighted by Gasteiger charge is -2.10. The first-order valence-corrected chi connectivity index (χ1v) is 3.44. The summed E-state index contributed by atoms with van der Waals surface area (Å²) in [5, 5.41) is 35.4. The van der Waals surface area contributed by atoms with Gasteiger partial charge in [-0.15, -0.1) is 0 Å². The van der Waals surface area contributed by atoms with Crippen molar-refractivity contribution in [2.24, 2.45) is 0 Å². The Morgan fingerprint density at radius 2 is 1.27 bits per heavy atom. The fourth-order valence-corrected chi connectivity index (χ4v) is 1.13. The molecule has 0 aromatic carbocycles. The van der Waals surface area contributed by atoms with Gasteiger partial charge in [-0.25, -0.2) is 0 Å². The molecule has 1 saturated heterocycles. The molecule has 0 saturated carbocycles. The van der Waals surface area contributed by atoms with Crippen LogP contribution in [-0.4, -0.2) is 58.1 Å². The quantitative estimate of drug-likeness (QED) is 0.361. The third kappa shape index (κ3) is 1.52. The molecule has 0 radical (unpaired) electrons. The van der Waals surface area contributed by atoms with E-state index >= 15 is 0 Å². The number of rotatable bonds is 2. The molecule has 0 bridgehead atoms. The van der Waals surface area contributed by atoms with Crippen molar-refractivity contribution in [2.45, 2.75) is 24.4 Å². The van der Waals surface area contributed by atoms with Crippen LogP contribution in [0.25, 0.3) is 0 Å². The van der Waals surface area contributed by atoms with Gasteiger partial charge in [-0.05, 0) is 0 Å². The maximum absolute atomic E-state index is 9.11. The molecule has 1 heterocycles. The summed E-state index contributed by atoms with van der Waals surface area (Å²) in [4.78, 5) is 0. The van der Waals surface area contributed by atoms with Crippen molar-refractivity contribution in [2.75, 3.05) is 13.2 Å². The minimum absolute atomic E-state index is 0.352. The predicted molar refractivity (Wildman–Crippen MR) is 34.8 cm³/mol. The Labute approximate surface area is 63.8 Å². The molecule has 1 fully saturated rings. The minimum Gasteiger partial charge on any atom is -0.394 e.